The van der Waals surface area contributed by atoms with Crippen LogP contribution in [0.1, 0.15) is 12.8 Å². The summed E-state index contributed by atoms with van der Waals surface area (Å²) < 4.78 is 0. The van der Waals surface area contributed by atoms with Crippen LogP contribution in [0.25, 0.3) is 0 Å². The van der Waals surface area contributed by atoms with E-state index in [9.17, 15) is 9.59 Å². The van der Waals surface area contributed by atoms with Gasteiger partial charge in [0.15, 0.2) is 0 Å². The molecule has 24 heavy (non-hydrogen) atoms. The van der Waals surface area contributed by atoms with Crippen molar-refractivity contribution in [2.75, 3.05) is 10.6 Å². The van der Waals surface area contributed by atoms with E-state index in [1.807, 2.05) is 0 Å². The van der Waals surface area contributed by atoms with Crippen LogP contribution in [0.15, 0.2) is 42.5 Å². The molecule has 0 bridgehead atoms. The second-order valence-corrected chi connectivity index (χ2v) is 6.82. The minimum Gasteiger partial charge on any atom is -0.325 e. The molecule has 0 aromatic heterocycles. The van der Waals surface area contributed by atoms with Crippen molar-refractivity contribution >= 4 is 58.0 Å². The second kappa shape index (κ2) is 6.63. The van der Waals surface area contributed by atoms with E-state index in [-0.39, 0.29) is 11.8 Å². The molecule has 0 aliphatic heterocycles. The van der Waals surface area contributed by atoms with Gasteiger partial charge in [-0.15, -0.1) is 0 Å². The third-order valence-electron chi connectivity index (χ3n) is 3.92. The summed E-state index contributed by atoms with van der Waals surface area (Å²) >= 11 is 17.8. The fraction of sp³-hybridized carbons (Fsp3) is 0.176. The number of anilines is 2. The molecule has 3 rings (SSSR count). The van der Waals surface area contributed by atoms with Gasteiger partial charge in [0.2, 0.25) is 11.8 Å². The predicted octanol–water partition coefficient (Wildman–Crippen LogP) is 5.00. The summed E-state index contributed by atoms with van der Waals surface area (Å²) in [5.41, 5.74) is -0.102. The number of nitrogens with one attached hydrogen (secondary N) is 2. The fourth-order valence-corrected chi connectivity index (χ4v) is 2.79. The summed E-state index contributed by atoms with van der Waals surface area (Å²) in [4.78, 5) is 25.1. The van der Waals surface area contributed by atoms with Crippen LogP contribution in [0, 0.1) is 5.41 Å². The molecular formula is C17H13Cl3N2O2. The smallest absolute Gasteiger partial charge is 0.240 e. The lowest BCUT2D eigenvalue weighted by atomic mass is 10.0. The molecule has 1 fully saturated rings. The van der Waals surface area contributed by atoms with E-state index < -0.39 is 5.41 Å². The van der Waals surface area contributed by atoms with Crippen LogP contribution in [-0.2, 0) is 9.59 Å². The average molecular weight is 384 g/mol. The van der Waals surface area contributed by atoms with Crippen LogP contribution in [-0.4, -0.2) is 11.8 Å². The number of hydrogen-bond donors (Lipinski definition) is 2. The molecule has 0 saturated heterocycles. The Morgan fingerprint density at radius 1 is 0.833 bits per heavy atom. The number of rotatable bonds is 4. The van der Waals surface area contributed by atoms with E-state index >= 15 is 0 Å². The number of carbonyl (C=O) groups is 2. The fourth-order valence-electron chi connectivity index (χ4n) is 2.31. The monoisotopic (exact) mass is 382 g/mol. The van der Waals surface area contributed by atoms with Crippen molar-refractivity contribution in [1.82, 2.24) is 0 Å². The van der Waals surface area contributed by atoms with Crippen molar-refractivity contribution in [2.24, 2.45) is 5.41 Å². The molecule has 2 aromatic rings. The molecule has 1 saturated carbocycles. The molecular weight excluding hydrogens is 371 g/mol. The van der Waals surface area contributed by atoms with E-state index in [1.165, 1.54) is 0 Å². The summed E-state index contributed by atoms with van der Waals surface area (Å²) in [5.74, 6) is -0.737. The van der Waals surface area contributed by atoms with Crippen molar-refractivity contribution in [3.63, 3.8) is 0 Å². The van der Waals surface area contributed by atoms with Crippen molar-refractivity contribution in [3.05, 3.63) is 57.5 Å². The molecule has 4 nitrogen and oxygen atoms in total. The van der Waals surface area contributed by atoms with Crippen LogP contribution in [0.2, 0.25) is 15.1 Å². The Bertz CT molecular complexity index is 819. The number of benzene rings is 2. The number of carbonyl (C=O) groups excluding carboxylic acids is 2. The summed E-state index contributed by atoms with van der Waals surface area (Å²) in [5, 5.41) is 6.59. The lowest BCUT2D eigenvalue weighted by Gasteiger charge is -2.16. The largest absolute Gasteiger partial charge is 0.325 e. The standard InChI is InChI=1S/C17H13Cl3N2O2/c18-11-6-5-10(9-13(11)20)21-15(23)17(7-8-17)16(24)22-14-4-2-1-3-12(14)19/h1-6,9H,7-8H2,(H,21,23)(H,22,24). The lowest BCUT2D eigenvalue weighted by Crippen LogP contribution is -2.35. The van der Waals surface area contributed by atoms with Gasteiger partial charge in [0.1, 0.15) is 5.41 Å². The van der Waals surface area contributed by atoms with E-state index in [4.69, 9.17) is 34.8 Å². The molecule has 1 aliphatic carbocycles. The third kappa shape index (κ3) is 3.36. The second-order valence-electron chi connectivity index (χ2n) is 5.60. The molecule has 2 amide bonds. The average Bonchev–Trinajstić information content (AvgIpc) is 3.35. The zero-order chi connectivity index (χ0) is 17.3. The van der Waals surface area contributed by atoms with Crippen LogP contribution in [0.3, 0.4) is 0 Å². The van der Waals surface area contributed by atoms with E-state index in [2.05, 4.69) is 10.6 Å². The number of hydrogen-bond acceptors (Lipinski definition) is 2. The van der Waals surface area contributed by atoms with Crippen molar-refractivity contribution in [1.29, 1.82) is 0 Å². The molecule has 0 heterocycles. The van der Waals surface area contributed by atoms with Crippen molar-refractivity contribution < 1.29 is 9.59 Å². The molecule has 0 spiro atoms. The van der Waals surface area contributed by atoms with Gasteiger partial charge in [-0.05, 0) is 43.2 Å². The highest BCUT2D eigenvalue weighted by atomic mass is 35.5. The molecule has 0 radical (unpaired) electrons. The Morgan fingerprint density at radius 2 is 1.50 bits per heavy atom. The van der Waals surface area contributed by atoms with Gasteiger partial charge >= 0.3 is 0 Å². The predicted molar refractivity (Wildman–Crippen MR) is 96.8 cm³/mol. The summed E-state index contributed by atoms with van der Waals surface area (Å²) in [7, 11) is 0. The van der Waals surface area contributed by atoms with Crippen LogP contribution in [0.5, 0.6) is 0 Å². The summed E-state index contributed by atoms with van der Waals surface area (Å²) in [6.45, 7) is 0. The van der Waals surface area contributed by atoms with Crippen LogP contribution >= 0.6 is 34.8 Å². The Kier molecular flexibility index (Phi) is 4.72. The number of amides is 2. The van der Waals surface area contributed by atoms with Gasteiger partial charge in [0, 0.05) is 5.69 Å². The summed E-state index contributed by atoms with van der Waals surface area (Å²) in [6, 6.07) is 11.7. The maximum atomic E-state index is 12.5. The maximum Gasteiger partial charge on any atom is 0.240 e. The van der Waals surface area contributed by atoms with Gasteiger partial charge in [-0.1, -0.05) is 46.9 Å². The highest BCUT2D eigenvalue weighted by Gasteiger charge is 2.56. The Labute approximate surface area is 154 Å². The Balaban J connectivity index is 1.73. The minimum atomic E-state index is -1.08. The molecule has 2 N–H and O–H groups in total. The van der Waals surface area contributed by atoms with Gasteiger partial charge in [0.25, 0.3) is 0 Å². The van der Waals surface area contributed by atoms with Crippen molar-refractivity contribution in [2.45, 2.75) is 12.8 Å². The highest BCUT2D eigenvalue weighted by molar-refractivity contribution is 6.42. The quantitative estimate of drug-likeness (QED) is 0.730. The first-order chi connectivity index (χ1) is 11.4. The van der Waals surface area contributed by atoms with Crippen LogP contribution < -0.4 is 10.6 Å². The SMILES string of the molecule is O=C(Nc1ccc(Cl)c(Cl)c1)C1(C(=O)Nc2ccccc2Cl)CC1. The zero-order valence-electron chi connectivity index (χ0n) is 12.4. The highest BCUT2D eigenvalue weighted by Crippen LogP contribution is 2.48. The van der Waals surface area contributed by atoms with E-state index in [0.717, 1.165) is 0 Å². The lowest BCUT2D eigenvalue weighted by molar-refractivity contribution is -0.131. The van der Waals surface area contributed by atoms with Gasteiger partial charge < -0.3 is 10.6 Å². The molecule has 2 aromatic carbocycles. The van der Waals surface area contributed by atoms with Gasteiger partial charge in [-0.3, -0.25) is 9.59 Å². The summed E-state index contributed by atoms with van der Waals surface area (Å²) in [6.07, 6.45) is 0.965. The molecule has 1 aliphatic rings. The molecule has 0 unspecified atom stereocenters. The van der Waals surface area contributed by atoms with Gasteiger partial charge in [-0.25, -0.2) is 0 Å². The first kappa shape index (κ1) is 17.1. The molecule has 0 atom stereocenters. The maximum absolute atomic E-state index is 12.5. The van der Waals surface area contributed by atoms with Gasteiger partial charge in [-0.2, -0.15) is 0 Å². The Hall–Kier alpha value is -1.75. The van der Waals surface area contributed by atoms with Crippen LogP contribution in [0.4, 0.5) is 11.4 Å². The molecule has 124 valence electrons. The molecule has 7 heteroatoms. The normalized spacial score (nSPS) is 14.8. The Morgan fingerprint density at radius 3 is 2.12 bits per heavy atom. The van der Waals surface area contributed by atoms with Gasteiger partial charge in [0.05, 0.1) is 20.8 Å². The van der Waals surface area contributed by atoms with E-state index in [0.29, 0.717) is 39.3 Å². The first-order valence-corrected chi connectivity index (χ1v) is 8.38. The third-order valence-corrected chi connectivity index (χ3v) is 4.99. The number of halogens is 3. The topological polar surface area (TPSA) is 58.2 Å². The van der Waals surface area contributed by atoms with Crippen molar-refractivity contribution in [3.8, 4) is 0 Å². The zero-order valence-corrected chi connectivity index (χ0v) is 14.7. The number of para-hydroxylation sites is 1. The first-order valence-electron chi connectivity index (χ1n) is 7.25. The minimum absolute atomic E-state index is 0.333. The van der Waals surface area contributed by atoms with E-state index in [1.54, 1.807) is 42.5 Å².